The standard InChI is InChI=1S/C15H27BrN4O/c1-13(6-5-7-17-8-11-21-4)15-14(16)12-18-20(15)10-9-19(2)3/h6,12,17H,5,7-11H2,1-4H3/b13-6-. The number of nitrogens with one attached hydrogen (secondary N) is 1. The molecule has 21 heavy (non-hydrogen) atoms. The van der Waals surface area contributed by atoms with Gasteiger partial charge in [0.2, 0.25) is 0 Å². The van der Waals surface area contributed by atoms with E-state index in [1.165, 1.54) is 11.3 Å². The number of hydrogen-bond donors (Lipinski definition) is 1. The van der Waals surface area contributed by atoms with Crippen molar-refractivity contribution in [2.45, 2.75) is 19.9 Å². The maximum Gasteiger partial charge on any atom is 0.0778 e. The predicted octanol–water partition coefficient (Wildman–Crippen LogP) is 2.24. The number of hydrogen-bond acceptors (Lipinski definition) is 4. The van der Waals surface area contributed by atoms with Gasteiger partial charge < -0.3 is 15.0 Å². The summed E-state index contributed by atoms with van der Waals surface area (Å²) in [5.41, 5.74) is 2.43. The minimum atomic E-state index is 0.756. The van der Waals surface area contributed by atoms with Gasteiger partial charge in [-0.3, -0.25) is 4.68 Å². The quantitative estimate of drug-likeness (QED) is 0.651. The molecule has 0 saturated carbocycles. The minimum Gasteiger partial charge on any atom is -0.383 e. The lowest BCUT2D eigenvalue weighted by atomic mass is 10.2. The lowest BCUT2D eigenvalue weighted by Crippen LogP contribution is -2.20. The van der Waals surface area contributed by atoms with E-state index >= 15 is 0 Å². The molecule has 0 aromatic carbocycles. The molecule has 0 unspecified atom stereocenters. The Hall–Kier alpha value is -0.690. The highest BCUT2D eigenvalue weighted by molar-refractivity contribution is 9.10. The van der Waals surface area contributed by atoms with Crippen molar-refractivity contribution in [2.75, 3.05) is 47.4 Å². The maximum absolute atomic E-state index is 5.01. The van der Waals surface area contributed by atoms with E-state index in [1.807, 2.05) is 6.20 Å². The molecule has 6 heteroatoms. The van der Waals surface area contributed by atoms with E-state index in [-0.39, 0.29) is 0 Å². The molecule has 1 heterocycles. The average Bonchev–Trinajstić information content (AvgIpc) is 2.81. The van der Waals surface area contributed by atoms with E-state index in [2.05, 4.69) is 63.0 Å². The summed E-state index contributed by atoms with van der Waals surface area (Å²) in [5, 5.41) is 7.79. The second-order valence-corrected chi connectivity index (χ2v) is 6.14. The number of ether oxygens (including phenoxy) is 1. The molecule has 0 aliphatic rings. The highest BCUT2D eigenvalue weighted by Crippen LogP contribution is 2.24. The van der Waals surface area contributed by atoms with Gasteiger partial charge in [-0.2, -0.15) is 5.10 Å². The van der Waals surface area contributed by atoms with Crippen LogP contribution in [0, 0.1) is 0 Å². The molecule has 0 spiro atoms. The maximum atomic E-state index is 5.01. The summed E-state index contributed by atoms with van der Waals surface area (Å²) in [4.78, 5) is 2.16. The van der Waals surface area contributed by atoms with Crippen LogP contribution in [-0.4, -0.2) is 62.1 Å². The van der Waals surface area contributed by atoms with E-state index in [4.69, 9.17) is 4.74 Å². The zero-order chi connectivity index (χ0) is 15.7. The van der Waals surface area contributed by atoms with Gasteiger partial charge in [0.05, 0.1) is 29.5 Å². The summed E-state index contributed by atoms with van der Waals surface area (Å²) in [7, 11) is 5.87. The Morgan fingerprint density at radius 1 is 1.48 bits per heavy atom. The van der Waals surface area contributed by atoms with E-state index in [0.717, 1.165) is 43.7 Å². The molecule has 0 aliphatic carbocycles. The average molecular weight is 359 g/mol. The molecule has 0 bridgehead atoms. The summed E-state index contributed by atoms with van der Waals surface area (Å²) >= 11 is 3.60. The van der Waals surface area contributed by atoms with Gasteiger partial charge in [0.15, 0.2) is 0 Å². The zero-order valence-electron chi connectivity index (χ0n) is 13.5. The summed E-state index contributed by atoms with van der Waals surface area (Å²) in [6, 6.07) is 0. The molecule has 0 atom stereocenters. The van der Waals surface area contributed by atoms with Crippen molar-refractivity contribution in [3.63, 3.8) is 0 Å². The molecular formula is C15H27BrN4O. The molecule has 0 fully saturated rings. The van der Waals surface area contributed by atoms with Gasteiger partial charge >= 0.3 is 0 Å². The molecule has 1 aromatic heterocycles. The van der Waals surface area contributed by atoms with Gasteiger partial charge in [0, 0.05) is 20.2 Å². The van der Waals surface area contributed by atoms with Gasteiger partial charge in [0.25, 0.3) is 0 Å². The number of likely N-dealkylation sites (N-methyl/N-ethyl adjacent to an activating group) is 1. The fourth-order valence-electron chi connectivity index (χ4n) is 2.01. The van der Waals surface area contributed by atoms with Crippen LogP contribution in [0.15, 0.2) is 16.7 Å². The van der Waals surface area contributed by atoms with Gasteiger partial charge in [-0.25, -0.2) is 0 Å². The number of rotatable bonds is 10. The smallest absolute Gasteiger partial charge is 0.0778 e. The fraction of sp³-hybridized carbons (Fsp3) is 0.667. The first kappa shape index (κ1) is 18.4. The molecule has 1 aromatic rings. The molecule has 0 amide bonds. The third-order valence-corrected chi connectivity index (χ3v) is 3.76. The second-order valence-electron chi connectivity index (χ2n) is 5.29. The van der Waals surface area contributed by atoms with Crippen LogP contribution < -0.4 is 5.32 Å². The van der Waals surface area contributed by atoms with Crippen LogP contribution in [0.25, 0.3) is 5.57 Å². The lowest BCUT2D eigenvalue weighted by molar-refractivity contribution is 0.199. The van der Waals surface area contributed by atoms with Crippen molar-refractivity contribution in [1.82, 2.24) is 20.0 Å². The highest BCUT2D eigenvalue weighted by Gasteiger charge is 2.10. The molecule has 0 saturated heterocycles. The van der Waals surface area contributed by atoms with Crippen LogP contribution in [-0.2, 0) is 11.3 Å². The third kappa shape index (κ3) is 6.74. The summed E-state index contributed by atoms with van der Waals surface area (Å²) in [6.45, 7) is 6.63. The van der Waals surface area contributed by atoms with Gasteiger partial charge in [-0.1, -0.05) is 6.08 Å². The Bertz CT molecular complexity index is 443. The minimum absolute atomic E-state index is 0.756. The number of allylic oxidation sites excluding steroid dienone is 1. The van der Waals surface area contributed by atoms with Crippen molar-refractivity contribution in [1.29, 1.82) is 0 Å². The van der Waals surface area contributed by atoms with E-state index in [9.17, 15) is 0 Å². The van der Waals surface area contributed by atoms with Crippen molar-refractivity contribution >= 4 is 21.5 Å². The van der Waals surface area contributed by atoms with Gasteiger partial charge in [-0.15, -0.1) is 0 Å². The van der Waals surface area contributed by atoms with Gasteiger partial charge in [0.1, 0.15) is 0 Å². The summed E-state index contributed by atoms with van der Waals surface area (Å²) < 4.78 is 8.13. The SMILES string of the molecule is COCCNCC/C=C(/C)c1c(Br)cnn1CCN(C)C. The van der Waals surface area contributed by atoms with Crippen molar-refractivity contribution in [2.24, 2.45) is 0 Å². The fourth-order valence-corrected chi connectivity index (χ4v) is 2.61. The van der Waals surface area contributed by atoms with Crippen LogP contribution >= 0.6 is 15.9 Å². The molecule has 1 N–H and O–H groups in total. The Morgan fingerprint density at radius 2 is 2.24 bits per heavy atom. The molecule has 5 nitrogen and oxygen atoms in total. The molecule has 1 rings (SSSR count). The Balaban J connectivity index is 2.55. The van der Waals surface area contributed by atoms with E-state index in [0.29, 0.717) is 0 Å². The predicted molar refractivity (Wildman–Crippen MR) is 91.5 cm³/mol. The number of halogens is 1. The molecule has 0 radical (unpaired) electrons. The first-order valence-electron chi connectivity index (χ1n) is 7.29. The third-order valence-electron chi connectivity index (χ3n) is 3.18. The largest absolute Gasteiger partial charge is 0.383 e. The lowest BCUT2D eigenvalue weighted by Gasteiger charge is -2.12. The summed E-state index contributed by atoms with van der Waals surface area (Å²) in [5.74, 6) is 0. The van der Waals surface area contributed by atoms with Crippen LogP contribution in [0.3, 0.4) is 0 Å². The normalized spacial score (nSPS) is 12.4. The van der Waals surface area contributed by atoms with Crippen LogP contribution in [0.4, 0.5) is 0 Å². The Labute approximate surface area is 136 Å². The molecule has 120 valence electrons. The molecule has 0 aliphatic heterocycles. The van der Waals surface area contributed by atoms with E-state index in [1.54, 1.807) is 7.11 Å². The first-order valence-corrected chi connectivity index (χ1v) is 8.08. The van der Waals surface area contributed by atoms with Crippen LogP contribution in [0.2, 0.25) is 0 Å². The van der Waals surface area contributed by atoms with Crippen LogP contribution in [0.5, 0.6) is 0 Å². The molecular weight excluding hydrogens is 332 g/mol. The highest BCUT2D eigenvalue weighted by atomic mass is 79.9. The van der Waals surface area contributed by atoms with Gasteiger partial charge in [-0.05, 0) is 55.5 Å². The van der Waals surface area contributed by atoms with E-state index < -0.39 is 0 Å². The first-order chi connectivity index (χ1) is 10.1. The summed E-state index contributed by atoms with van der Waals surface area (Å²) in [6.07, 6.45) is 5.13. The Kier molecular flexibility index (Phi) is 8.84. The van der Waals surface area contributed by atoms with Crippen LogP contribution in [0.1, 0.15) is 19.0 Å². The second kappa shape index (κ2) is 10.1. The van der Waals surface area contributed by atoms with Crippen molar-refractivity contribution in [3.8, 4) is 0 Å². The topological polar surface area (TPSA) is 42.3 Å². The zero-order valence-corrected chi connectivity index (χ0v) is 15.1. The monoisotopic (exact) mass is 358 g/mol. The van der Waals surface area contributed by atoms with Crippen molar-refractivity contribution in [3.05, 3.63) is 22.4 Å². The number of methoxy groups -OCH3 is 1. The number of aromatic nitrogens is 2. The Morgan fingerprint density at radius 3 is 2.90 bits per heavy atom. The number of nitrogens with zero attached hydrogens (tertiary/aromatic N) is 3. The van der Waals surface area contributed by atoms with Crippen molar-refractivity contribution < 1.29 is 4.74 Å².